The van der Waals surface area contributed by atoms with Gasteiger partial charge in [0.2, 0.25) is 11.8 Å². The molecule has 2 heterocycles. The third-order valence-corrected chi connectivity index (χ3v) is 6.49. The summed E-state index contributed by atoms with van der Waals surface area (Å²) in [6.45, 7) is 2.71. The number of halogens is 1. The Morgan fingerprint density at radius 1 is 1.31 bits per heavy atom. The lowest BCUT2D eigenvalue weighted by Crippen LogP contribution is -2.48. The average molecular weight is 449 g/mol. The number of carbonyl (C=O) groups excluding carboxylic acids is 3. The Hall–Kier alpha value is -2.64. The molecule has 0 aliphatic carbocycles. The first-order valence-electron chi connectivity index (χ1n) is 11.4. The van der Waals surface area contributed by atoms with Crippen molar-refractivity contribution in [2.75, 3.05) is 20.3 Å². The molecule has 0 aromatic heterocycles. The second-order valence-electron chi connectivity index (χ2n) is 8.71. The number of esters is 1. The zero-order valence-corrected chi connectivity index (χ0v) is 19.0. The van der Waals surface area contributed by atoms with Gasteiger partial charge >= 0.3 is 5.97 Å². The number of hydrogen-bond acceptors (Lipinski definition) is 5. The highest BCUT2D eigenvalue weighted by atomic mass is 19.1. The van der Waals surface area contributed by atoms with Crippen LogP contribution in [0.2, 0.25) is 0 Å². The van der Waals surface area contributed by atoms with E-state index in [2.05, 4.69) is 5.32 Å². The first kappa shape index (κ1) is 24.0. The first-order valence-corrected chi connectivity index (χ1v) is 11.4. The van der Waals surface area contributed by atoms with Crippen molar-refractivity contribution >= 4 is 17.8 Å². The van der Waals surface area contributed by atoms with Crippen LogP contribution < -0.4 is 10.1 Å². The van der Waals surface area contributed by atoms with Gasteiger partial charge in [-0.3, -0.25) is 14.4 Å². The quantitative estimate of drug-likeness (QED) is 0.587. The molecule has 0 saturated carbocycles. The van der Waals surface area contributed by atoms with Gasteiger partial charge in [-0.2, -0.15) is 0 Å². The van der Waals surface area contributed by atoms with Crippen molar-refractivity contribution in [3.8, 4) is 5.75 Å². The summed E-state index contributed by atoms with van der Waals surface area (Å²) in [5.41, 5.74) is -0.219. The van der Waals surface area contributed by atoms with Crippen LogP contribution in [0.3, 0.4) is 0 Å². The summed E-state index contributed by atoms with van der Waals surface area (Å²) in [5, 5.41) is 3.01. The average Bonchev–Trinajstić information content (AvgIpc) is 3.14. The molecule has 2 aliphatic rings. The van der Waals surface area contributed by atoms with Crippen molar-refractivity contribution < 1.29 is 28.2 Å². The van der Waals surface area contributed by atoms with Crippen LogP contribution >= 0.6 is 0 Å². The number of carbonyl (C=O) groups is 3. The number of ether oxygens (including phenoxy) is 2. The van der Waals surface area contributed by atoms with Crippen molar-refractivity contribution in [1.29, 1.82) is 0 Å². The van der Waals surface area contributed by atoms with Gasteiger partial charge < -0.3 is 19.7 Å². The van der Waals surface area contributed by atoms with Crippen molar-refractivity contribution in [1.82, 2.24) is 10.2 Å². The maximum atomic E-state index is 14.5. The molecular weight excluding hydrogens is 415 g/mol. The van der Waals surface area contributed by atoms with E-state index in [0.717, 1.165) is 19.3 Å². The molecular formula is C24H33FN2O5. The Balaban J connectivity index is 1.69. The van der Waals surface area contributed by atoms with Gasteiger partial charge in [0.15, 0.2) is 0 Å². The summed E-state index contributed by atoms with van der Waals surface area (Å²) in [6, 6.07) is 4.41. The van der Waals surface area contributed by atoms with Crippen LogP contribution in [-0.2, 0) is 25.5 Å². The zero-order chi connectivity index (χ0) is 23.1. The molecule has 1 aromatic rings. The topological polar surface area (TPSA) is 84.9 Å². The summed E-state index contributed by atoms with van der Waals surface area (Å²) >= 11 is 0. The fourth-order valence-corrected chi connectivity index (χ4v) is 4.80. The lowest BCUT2D eigenvalue weighted by molar-refractivity contribution is -0.146. The Morgan fingerprint density at radius 2 is 2.12 bits per heavy atom. The number of nitrogens with one attached hydrogen (secondary N) is 1. The predicted octanol–water partition coefficient (Wildman–Crippen LogP) is 3.14. The van der Waals surface area contributed by atoms with E-state index in [1.54, 1.807) is 24.0 Å². The number of amides is 2. The minimum Gasteiger partial charge on any atom is -0.497 e. The molecule has 7 nitrogen and oxygen atoms in total. The molecule has 1 N–H and O–H groups in total. The molecule has 0 bridgehead atoms. The SMILES string of the molecule is CCOC(=O)C[C@H]1CCCCN1C(=O)CC[C@@]1(Cc2cc(OC)ccc2F)CCC(=O)N1. The third kappa shape index (κ3) is 5.99. The van der Waals surface area contributed by atoms with Crippen LogP contribution in [0.25, 0.3) is 0 Å². The molecule has 2 amide bonds. The summed E-state index contributed by atoms with van der Waals surface area (Å²) < 4.78 is 24.7. The van der Waals surface area contributed by atoms with Crippen LogP contribution in [0.1, 0.15) is 63.9 Å². The molecule has 0 unspecified atom stereocenters. The van der Waals surface area contributed by atoms with Crippen molar-refractivity contribution in [3.05, 3.63) is 29.6 Å². The number of benzene rings is 1. The van der Waals surface area contributed by atoms with Gasteiger partial charge in [0.1, 0.15) is 11.6 Å². The van der Waals surface area contributed by atoms with E-state index in [4.69, 9.17) is 9.47 Å². The van der Waals surface area contributed by atoms with E-state index in [-0.39, 0.29) is 42.5 Å². The van der Waals surface area contributed by atoms with E-state index in [1.807, 2.05) is 0 Å². The van der Waals surface area contributed by atoms with E-state index in [1.165, 1.54) is 13.2 Å². The summed E-state index contributed by atoms with van der Waals surface area (Å²) in [6.07, 6.45) is 4.70. The van der Waals surface area contributed by atoms with Gasteiger partial charge in [-0.25, -0.2) is 4.39 Å². The highest BCUT2D eigenvalue weighted by Crippen LogP contribution is 2.32. The molecule has 32 heavy (non-hydrogen) atoms. The van der Waals surface area contributed by atoms with Gasteiger partial charge in [-0.15, -0.1) is 0 Å². The molecule has 0 radical (unpaired) electrons. The largest absolute Gasteiger partial charge is 0.497 e. The van der Waals surface area contributed by atoms with E-state index < -0.39 is 5.54 Å². The van der Waals surface area contributed by atoms with Crippen molar-refractivity contribution in [3.63, 3.8) is 0 Å². The van der Waals surface area contributed by atoms with Gasteiger partial charge in [-0.1, -0.05) is 0 Å². The van der Waals surface area contributed by atoms with Crippen LogP contribution in [0, 0.1) is 5.82 Å². The minimum absolute atomic E-state index is 0.0364. The van der Waals surface area contributed by atoms with Gasteiger partial charge in [0.25, 0.3) is 0 Å². The maximum absolute atomic E-state index is 14.5. The molecule has 2 saturated heterocycles. The Kier molecular flexibility index (Phi) is 8.10. The summed E-state index contributed by atoms with van der Waals surface area (Å²) in [4.78, 5) is 38.9. The van der Waals surface area contributed by atoms with Crippen LogP contribution in [0.5, 0.6) is 5.75 Å². The Bertz CT molecular complexity index is 846. The fraction of sp³-hybridized carbons (Fsp3) is 0.625. The van der Waals surface area contributed by atoms with E-state index in [9.17, 15) is 18.8 Å². The number of likely N-dealkylation sites (tertiary alicyclic amines) is 1. The van der Waals surface area contributed by atoms with Gasteiger partial charge in [-0.05, 0) is 69.2 Å². The number of rotatable bonds is 9. The lowest BCUT2D eigenvalue weighted by Gasteiger charge is -2.36. The third-order valence-electron chi connectivity index (χ3n) is 6.49. The number of piperidine rings is 1. The van der Waals surface area contributed by atoms with Crippen LogP contribution in [0.15, 0.2) is 18.2 Å². The molecule has 3 rings (SSSR count). The first-order chi connectivity index (χ1) is 15.4. The highest BCUT2D eigenvalue weighted by molar-refractivity contribution is 5.81. The molecule has 176 valence electrons. The predicted molar refractivity (Wildman–Crippen MR) is 117 cm³/mol. The molecule has 2 fully saturated rings. The van der Waals surface area contributed by atoms with Crippen LogP contribution in [-0.4, -0.2) is 54.5 Å². The maximum Gasteiger partial charge on any atom is 0.307 e. The normalized spacial score (nSPS) is 23.0. The smallest absolute Gasteiger partial charge is 0.307 e. The summed E-state index contributed by atoms with van der Waals surface area (Å²) in [5.74, 6) is -0.218. The van der Waals surface area contributed by atoms with Gasteiger partial charge in [0.05, 0.1) is 20.1 Å². The Labute approximate surface area is 188 Å². The molecule has 2 aliphatic heterocycles. The zero-order valence-electron chi connectivity index (χ0n) is 19.0. The number of hydrogen-bond donors (Lipinski definition) is 1. The minimum atomic E-state index is -0.674. The highest BCUT2D eigenvalue weighted by Gasteiger charge is 2.39. The Morgan fingerprint density at radius 3 is 2.81 bits per heavy atom. The summed E-state index contributed by atoms with van der Waals surface area (Å²) in [7, 11) is 1.52. The molecule has 1 aromatic carbocycles. The van der Waals surface area contributed by atoms with E-state index >= 15 is 0 Å². The molecule has 8 heteroatoms. The second kappa shape index (κ2) is 10.8. The number of nitrogens with zero attached hydrogens (tertiary/aromatic N) is 1. The van der Waals surface area contributed by atoms with Crippen LogP contribution in [0.4, 0.5) is 4.39 Å². The fourth-order valence-electron chi connectivity index (χ4n) is 4.80. The van der Waals surface area contributed by atoms with Crippen molar-refractivity contribution in [2.24, 2.45) is 0 Å². The van der Waals surface area contributed by atoms with E-state index in [0.29, 0.717) is 50.1 Å². The standard InChI is InChI=1S/C24H33FN2O5/c1-3-32-23(30)15-18-6-4-5-13-27(18)22(29)10-12-24(11-9-21(28)26-24)16-17-14-19(31-2)7-8-20(17)25/h7-8,14,18H,3-6,9-13,15-16H2,1-2H3,(H,26,28)/t18-,24-/m1/s1. The molecule has 2 atom stereocenters. The van der Waals surface area contributed by atoms with Crippen molar-refractivity contribution in [2.45, 2.75) is 76.3 Å². The molecule has 0 spiro atoms. The lowest BCUT2D eigenvalue weighted by atomic mass is 9.84. The number of methoxy groups -OCH3 is 1. The van der Waals surface area contributed by atoms with Gasteiger partial charge in [0, 0.05) is 31.0 Å². The monoisotopic (exact) mass is 448 g/mol. The second-order valence-corrected chi connectivity index (χ2v) is 8.71.